The van der Waals surface area contributed by atoms with Gasteiger partial charge in [0.05, 0.1) is 6.67 Å². The molecule has 0 aromatic heterocycles. The van der Waals surface area contributed by atoms with Gasteiger partial charge in [0.2, 0.25) is 0 Å². The smallest absolute Gasteiger partial charge is 0.326 e. The van der Waals surface area contributed by atoms with Gasteiger partial charge in [-0.15, -0.1) is 0 Å². The first-order valence-corrected chi connectivity index (χ1v) is 10.2. The van der Waals surface area contributed by atoms with Crippen LogP contribution in [-0.2, 0) is 10.3 Å². The van der Waals surface area contributed by atoms with Gasteiger partial charge in [-0.25, -0.2) is 9.69 Å². The third-order valence-corrected chi connectivity index (χ3v) is 5.97. The zero-order valence-electron chi connectivity index (χ0n) is 16.7. The fraction of sp³-hybridized carbons (Fsp3) is 0.318. The molecule has 7 nitrogen and oxygen atoms in total. The van der Waals surface area contributed by atoms with Gasteiger partial charge in [0.1, 0.15) is 5.54 Å². The summed E-state index contributed by atoms with van der Waals surface area (Å²) in [7, 11) is 0. The van der Waals surface area contributed by atoms with Crippen molar-refractivity contribution in [3.63, 3.8) is 0 Å². The number of imide groups is 1. The van der Waals surface area contributed by atoms with Crippen LogP contribution in [0.15, 0.2) is 54.6 Å². The number of benzene rings is 2. The summed E-state index contributed by atoms with van der Waals surface area (Å²) in [6, 6.07) is 15.7. The number of urea groups is 1. The van der Waals surface area contributed by atoms with Gasteiger partial charge in [0, 0.05) is 36.8 Å². The molecule has 0 bridgehead atoms. The number of hydrogen-bond acceptors (Lipinski definition) is 4. The quantitative estimate of drug-likeness (QED) is 0.762. The summed E-state index contributed by atoms with van der Waals surface area (Å²) in [5.74, 6) is -0.293. The molecule has 2 aliphatic rings. The first kappa shape index (κ1) is 20.4. The Morgan fingerprint density at radius 3 is 2.27 bits per heavy atom. The second-order valence-corrected chi connectivity index (χ2v) is 8.15. The van der Waals surface area contributed by atoms with E-state index in [-0.39, 0.29) is 18.5 Å². The van der Waals surface area contributed by atoms with Crippen LogP contribution in [0.5, 0.6) is 0 Å². The Balaban J connectivity index is 1.38. The summed E-state index contributed by atoms with van der Waals surface area (Å²) in [5.41, 5.74) is 0.233. The van der Waals surface area contributed by atoms with E-state index in [0.29, 0.717) is 42.3 Å². The van der Waals surface area contributed by atoms with Crippen LogP contribution in [-0.4, -0.2) is 65.4 Å². The summed E-state index contributed by atoms with van der Waals surface area (Å²) in [6.45, 7) is 4.17. The van der Waals surface area contributed by atoms with E-state index in [1.54, 1.807) is 48.2 Å². The van der Waals surface area contributed by atoms with Crippen molar-refractivity contribution in [3.8, 4) is 0 Å². The monoisotopic (exact) mass is 426 g/mol. The molecule has 8 heteroatoms. The molecule has 1 N–H and O–H groups in total. The molecule has 2 aromatic carbocycles. The highest BCUT2D eigenvalue weighted by atomic mass is 35.5. The molecule has 0 unspecified atom stereocenters. The maximum Gasteiger partial charge on any atom is 0.326 e. The first-order chi connectivity index (χ1) is 14.4. The van der Waals surface area contributed by atoms with Gasteiger partial charge in [-0.3, -0.25) is 14.5 Å². The van der Waals surface area contributed by atoms with E-state index < -0.39 is 11.6 Å². The number of amides is 4. The van der Waals surface area contributed by atoms with Crippen molar-refractivity contribution < 1.29 is 14.4 Å². The Labute approximate surface area is 180 Å². The lowest BCUT2D eigenvalue weighted by Gasteiger charge is -2.36. The number of nitrogens with one attached hydrogen (secondary N) is 1. The molecule has 0 spiro atoms. The Morgan fingerprint density at radius 2 is 1.63 bits per heavy atom. The molecule has 1 atom stereocenters. The summed E-state index contributed by atoms with van der Waals surface area (Å²) in [5, 5.41) is 3.38. The molecule has 2 heterocycles. The largest absolute Gasteiger partial charge is 0.336 e. The lowest BCUT2D eigenvalue weighted by molar-refractivity contribution is -0.132. The van der Waals surface area contributed by atoms with Crippen molar-refractivity contribution in [2.75, 3.05) is 32.8 Å². The molecule has 0 saturated carbocycles. The first-order valence-electron chi connectivity index (χ1n) is 9.85. The molecule has 30 heavy (non-hydrogen) atoms. The topological polar surface area (TPSA) is 73.0 Å². The Bertz CT molecular complexity index is 958. The summed E-state index contributed by atoms with van der Waals surface area (Å²) in [4.78, 5) is 43.3. The molecule has 2 aliphatic heterocycles. The average molecular weight is 427 g/mol. The highest BCUT2D eigenvalue weighted by Crippen LogP contribution is 2.29. The molecule has 2 aromatic rings. The van der Waals surface area contributed by atoms with Gasteiger partial charge in [-0.1, -0.05) is 41.9 Å². The number of piperazine rings is 1. The normalized spacial score (nSPS) is 22.3. The van der Waals surface area contributed by atoms with Crippen molar-refractivity contribution in [2.45, 2.75) is 12.5 Å². The Kier molecular flexibility index (Phi) is 5.49. The third kappa shape index (κ3) is 3.78. The zero-order chi connectivity index (χ0) is 21.3. The predicted molar refractivity (Wildman–Crippen MR) is 113 cm³/mol. The van der Waals surface area contributed by atoms with E-state index in [0.717, 1.165) is 0 Å². The minimum atomic E-state index is -1.12. The number of nitrogens with zero attached hydrogens (tertiary/aromatic N) is 3. The second kappa shape index (κ2) is 8.08. The van der Waals surface area contributed by atoms with Gasteiger partial charge < -0.3 is 10.2 Å². The van der Waals surface area contributed by atoms with E-state index in [9.17, 15) is 14.4 Å². The minimum absolute atomic E-state index is 0.000514. The number of carbonyl (C=O) groups is 3. The zero-order valence-corrected chi connectivity index (χ0v) is 17.4. The SMILES string of the molecule is C[C@]1(c2ccc(Cl)cc2)NC(=O)N(CN2CCN(C(=O)c3ccccc3)CC2)C1=O. The second-order valence-electron chi connectivity index (χ2n) is 7.71. The maximum atomic E-state index is 13.1. The molecule has 0 radical (unpaired) electrons. The lowest BCUT2D eigenvalue weighted by atomic mass is 9.92. The van der Waals surface area contributed by atoms with Crippen LogP contribution >= 0.6 is 11.6 Å². The van der Waals surface area contributed by atoms with Gasteiger partial charge in [0.25, 0.3) is 11.8 Å². The molecule has 4 amide bonds. The van der Waals surface area contributed by atoms with Crippen LogP contribution < -0.4 is 5.32 Å². The average Bonchev–Trinajstić information content (AvgIpc) is 2.98. The van der Waals surface area contributed by atoms with Crippen molar-refractivity contribution in [3.05, 3.63) is 70.7 Å². The maximum absolute atomic E-state index is 13.1. The number of carbonyl (C=O) groups excluding carboxylic acids is 3. The van der Waals surface area contributed by atoms with Crippen molar-refractivity contribution in [2.24, 2.45) is 0 Å². The standard InChI is InChI=1S/C22H23ClN4O3/c1-22(17-7-9-18(23)10-8-17)20(29)27(21(30)24-22)15-25-11-13-26(14-12-25)19(28)16-5-3-2-4-6-16/h2-10H,11-15H2,1H3,(H,24,30)/t22-/m1/s1. The molecule has 156 valence electrons. The minimum Gasteiger partial charge on any atom is -0.336 e. The lowest BCUT2D eigenvalue weighted by Crippen LogP contribution is -2.52. The van der Waals surface area contributed by atoms with E-state index in [1.807, 2.05) is 23.1 Å². The van der Waals surface area contributed by atoms with E-state index >= 15 is 0 Å². The van der Waals surface area contributed by atoms with Crippen LogP contribution in [0.3, 0.4) is 0 Å². The molecular weight excluding hydrogens is 404 g/mol. The third-order valence-electron chi connectivity index (χ3n) is 5.72. The fourth-order valence-electron chi connectivity index (χ4n) is 3.86. The van der Waals surface area contributed by atoms with Crippen molar-refractivity contribution in [1.29, 1.82) is 0 Å². The summed E-state index contributed by atoms with van der Waals surface area (Å²) >= 11 is 5.94. The van der Waals surface area contributed by atoms with Crippen LogP contribution in [0.25, 0.3) is 0 Å². The van der Waals surface area contributed by atoms with E-state index in [2.05, 4.69) is 5.32 Å². The number of rotatable bonds is 4. The van der Waals surface area contributed by atoms with Gasteiger partial charge in [-0.05, 0) is 36.8 Å². The fourth-order valence-corrected chi connectivity index (χ4v) is 3.99. The predicted octanol–water partition coefficient (Wildman–Crippen LogP) is 2.52. The molecule has 2 saturated heterocycles. The van der Waals surface area contributed by atoms with E-state index in [1.165, 1.54) is 4.90 Å². The Morgan fingerprint density at radius 1 is 1.00 bits per heavy atom. The van der Waals surface area contributed by atoms with Crippen LogP contribution in [0.2, 0.25) is 5.02 Å². The number of hydrogen-bond donors (Lipinski definition) is 1. The van der Waals surface area contributed by atoms with Gasteiger partial charge in [0.15, 0.2) is 0 Å². The number of halogens is 1. The highest BCUT2D eigenvalue weighted by molar-refractivity contribution is 6.30. The van der Waals surface area contributed by atoms with Crippen LogP contribution in [0.1, 0.15) is 22.8 Å². The van der Waals surface area contributed by atoms with Crippen LogP contribution in [0.4, 0.5) is 4.79 Å². The molecule has 4 rings (SSSR count). The van der Waals surface area contributed by atoms with Gasteiger partial charge >= 0.3 is 6.03 Å². The van der Waals surface area contributed by atoms with Crippen LogP contribution in [0, 0.1) is 0 Å². The molecule has 2 fully saturated rings. The van der Waals surface area contributed by atoms with Crippen molar-refractivity contribution in [1.82, 2.24) is 20.0 Å². The molecule has 0 aliphatic carbocycles. The summed E-state index contributed by atoms with van der Waals surface area (Å²) < 4.78 is 0. The molecular formula is C22H23ClN4O3. The Hall–Kier alpha value is -2.90. The van der Waals surface area contributed by atoms with Gasteiger partial charge in [-0.2, -0.15) is 0 Å². The van der Waals surface area contributed by atoms with Crippen molar-refractivity contribution >= 4 is 29.4 Å². The highest BCUT2D eigenvalue weighted by Gasteiger charge is 2.49. The van der Waals surface area contributed by atoms with E-state index in [4.69, 9.17) is 11.6 Å². The summed E-state index contributed by atoms with van der Waals surface area (Å²) in [6.07, 6.45) is 0.